The van der Waals surface area contributed by atoms with E-state index in [1.54, 1.807) is 0 Å². The van der Waals surface area contributed by atoms with Gasteiger partial charge in [0.15, 0.2) is 0 Å². The Morgan fingerprint density at radius 1 is 1.35 bits per heavy atom. The molecule has 2 atom stereocenters. The lowest BCUT2D eigenvalue weighted by molar-refractivity contribution is 0.0917. The second kappa shape index (κ2) is 5.90. The van der Waals surface area contributed by atoms with Crippen LogP contribution in [0.25, 0.3) is 10.9 Å². The number of hydrogen-bond donors (Lipinski definition) is 1. The molecule has 1 N–H and O–H groups in total. The summed E-state index contributed by atoms with van der Waals surface area (Å²) in [5, 5.41) is 4.69. The van der Waals surface area contributed by atoms with Crippen LogP contribution in [0.15, 0.2) is 30.3 Å². The molecule has 2 unspecified atom stereocenters. The Balaban J connectivity index is 2.00. The van der Waals surface area contributed by atoms with E-state index >= 15 is 0 Å². The lowest BCUT2D eigenvalue weighted by atomic mass is 9.92. The summed E-state index contributed by atoms with van der Waals surface area (Å²) in [7, 11) is 0. The Kier molecular flexibility index (Phi) is 3.99. The molecular formula is C17H22N2O. The molecule has 2 aromatic rings. The summed E-state index contributed by atoms with van der Waals surface area (Å²) in [6.07, 6.45) is 1.33. The third-order valence-corrected chi connectivity index (χ3v) is 4.05. The summed E-state index contributed by atoms with van der Waals surface area (Å²) in [6, 6.07) is 10.6. The van der Waals surface area contributed by atoms with E-state index in [1.807, 2.05) is 6.07 Å². The van der Waals surface area contributed by atoms with E-state index in [9.17, 15) is 0 Å². The first-order chi connectivity index (χ1) is 9.79. The van der Waals surface area contributed by atoms with Gasteiger partial charge < -0.3 is 10.1 Å². The third-order valence-electron chi connectivity index (χ3n) is 4.05. The number of rotatable bonds is 4. The van der Waals surface area contributed by atoms with Crippen LogP contribution in [0.1, 0.15) is 30.7 Å². The first-order valence-corrected chi connectivity index (χ1v) is 7.48. The predicted molar refractivity (Wildman–Crippen MR) is 81.8 cm³/mol. The number of para-hydroxylation sites is 1. The number of aryl methyl sites for hydroxylation is 1. The first-order valence-electron chi connectivity index (χ1n) is 7.48. The molecule has 2 heterocycles. The maximum Gasteiger partial charge on any atom is 0.0873 e. The highest BCUT2D eigenvalue weighted by Gasteiger charge is 2.30. The van der Waals surface area contributed by atoms with Crippen molar-refractivity contribution >= 4 is 10.9 Å². The molecule has 1 aliphatic rings. The molecule has 1 fully saturated rings. The molecule has 1 saturated heterocycles. The average Bonchev–Trinajstić information content (AvgIpc) is 2.92. The Morgan fingerprint density at radius 2 is 2.20 bits per heavy atom. The summed E-state index contributed by atoms with van der Waals surface area (Å²) < 4.78 is 6.04. The maximum atomic E-state index is 6.04. The van der Waals surface area contributed by atoms with Gasteiger partial charge in [-0.15, -0.1) is 0 Å². The molecule has 3 nitrogen and oxygen atoms in total. The monoisotopic (exact) mass is 270 g/mol. The Labute approximate surface area is 120 Å². The van der Waals surface area contributed by atoms with E-state index in [2.05, 4.69) is 48.4 Å². The van der Waals surface area contributed by atoms with Gasteiger partial charge in [0, 0.05) is 30.1 Å². The maximum absolute atomic E-state index is 6.04. The summed E-state index contributed by atoms with van der Waals surface area (Å²) in [5.41, 5.74) is 3.44. The van der Waals surface area contributed by atoms with Gasteiger partial charge in [0.05, 0.1) is 11.6 Å². The fraction of sp³-hybridized carbons (Fsp3) is 0.471. The summed E-state index contributed by atoms with van der Waals surface area (Å²) in [4.78, 5) is 4.62. The van der Waals surface area contributed by atoms with Crippen molar-refractivity contribution in [1.82, 2.24) is 10.3 Å². The number of fused-ring (bicyclic) bond motifs is 1. The second-order valence-corrected chi connectivity index (χ2v) is 5.52. The molecule has 20 heavy (non-hydrogen) atoms. The quantitative estimate of drug-likeness (QED) is 0.926. The summed E-state index contributed by atoms with van der Waals surface area (Å²) in [6.45, 7) is 7.10. The molecule has 0 bridgehead atoms. The highest BCUT2D eigenvalue weighted by atomic mass is 16.5. The number of nitrogens with one attached hydrogen (secondary N) is 1. The molecule has 1 aliphatic heterocycles. The zero-order valence-electron chi connectivity index (χ0n) is 12.2. The van der Waals surface area contributed by atoms with Crippen LogP contribution in [0.2, 0.25) is 0 Å². The Hall–Kier alpha value is -1.45. The van der Waals surface area contributed by atoms with Gasteiger partial charge in [0.2, 0.25) is 0 Å². The Bertz CT molecular complexity index is 597. The van der Waals surface area contributed by atoms with Crippen LogP contribution in [0, 0.1) is 12.8 Å². The zero-order valence-corrected chi connectivity index (χ0v) is 12.2. The van der Waals surface area contributed by atoms with Crippen molar-refractivity contribution in [2.75, 3.05) is 19.7 Å². The van der Waals surface area contributed by atoms with Crippen LogP contribution in [0.3, 0.4) is 0 Å². The van der Waals surface area contributed by atoms with Crippen LogP contribution < -0.4 is 5.32 Å². The van der Waals surface area contributed by atoms with Crippen molar-refractivity contribution in [1.29, 1.82) is 0 Å². The van der Waals surface area contributed by atoms with E-state index in [-0.39, 0.29) is 6.10 Å². The second-order valence-electron chi connectivity index (χ2n) is 5.52. The number of nitrogens with zero attached hydrogens (tertiary/aromatic N) is 1. The lowest BCUT2D eigenvalue weighted by Gasteiger charge is -2.21. The van der Waals surface area contributed by atoms with Crippen molar-refractivity contribution in [3.05, 3.63) is 41.6 Å². The fourth-order valence-electron chi connectivity index (χ4n) is 3.09. The highest BCUT2D eigenvalue weighted by molar-refractivity contribution is 5.82. The predicted octanol–water partition coefficient (Wildman–Crippen LogP) is 3.23. The number of ether oxygens (including phenoxy) is 1. The zero-order chi connectivity index (χ0) is 13.9. The first kappa shape index (κ1) is 13.5. The molecule has 0 spiro atoms. The van der Waals surface area contributed by atoms with Gasteiger partial charge in [-0.1, -0.05) is 25.1 Å². The van der Waals surface area contributed by atoms with E-state index in [0.717, 1.165) is 37.3 Å². The van der Waals surface area contributed by atoms with Crippen LogP contribution in [0.5, 0.6) is 0 Å². The van der Waals surface area contributed by atoms with Gasteiger partial charge in [-0.3, -0.25) is 4.98 Å². The van der Waals surface area contributed by atoms with Crippen molar-refractivity contribution in [2.45, 2.75) is 26.4 Å². The van der Waals surface area contributed by atoms with Gasteiger partial charge in [0.25, 0.3) is 0 Å². The SMILES string of the molecule is CCNCC1CCOC1c1cc(C)nc2ccccc12. The molecule has 0 saturated carbocycles. The van der Waals surface area contributed by atoms with Crippen molar-refractivity contribution < 1.29 is 4.74 Å². The summed E-state index contributed by atoms with van der Waals surface area (Å²) >= 11 is 0. The van der Waals surface area contributed by atoms with Gasteiger partial charge >= 0.3 is 0 Å². The van der Waals surface area contributed by atoms with Crippen molar-refractivity contribution in [3.63, 3.8) is 0 Å². The number of hydrogen-bond acceptors (Lipinski definition) is 3. The van der Waals surface area contributed by atoms with E-state index in [0.29, 0.717) is 5.92 Å². The summed E-state index contributed by atoms with van der Waals surface area (Å²) in [5.74, 6) is 0.556. The normalized spacial score (nSPS) is 22.5. The highest BCUT2D eigenvalue weighted by Crippen LogP contribution is 2.37. The Morgan fingerprint density at radius 3 is 3.05 bits per heavy atom. The van der Waals surface area contributed by atoms with Gasteiger partial charge in [-0.05, 0) is 37.6 Å². The van der Waals surface area contributed by atoms with Gasteiger partial charge in [0.1, 0.15) is 0 Å². The molecule has 1 aromatic carbocycles. The molecule has 0 radical (unpaired) electrons. The lowest BCUT2D eigenvalue weighted by Crippen LogP contribution is -2.24. The van der Waals surface area contributed by atoms with Crippen molar-refractivity contribution in [3.8, 4) is 0 Å². The molecule has 0 aliphatic carbocycles. The standard InChI is InChI=1S/C17H22N2O/c1-3-18-11-13-8-9-20-17(13)15-10-12(2)19-16-7-5-4-6-14(15)16/h4-7,10,13,17-18H,3,8-9,11H2,1-2H3. The topological polar surface area (TPSA) is 34.1 Å². The van der Waals surface area contributed by atoms with Gasteiger partial charge in [-0.25, -0.2) is 0 Å². The number of benzene rings is 1. The molecule has 0 amide bonds. The molecule has 3 heteroatoms. The minimum absolute atomic E-state index is 0.195. The minimum Gasteiger partial charge on any atom is -0.373 e. The van der Waals surface area contributed by atoms with E-state index < -0.39 is 0 Å². The average molecular weight is 270 g/mol. The molecule has 106 valence electrons. The molecule has 3 rings (SSSR count). The van der Waals surface area contributed by atoms with Crippen LogP contribution in [0.4, 0.5) is 0 Å². The number of aromatic nitrogens is 1. The van der Waals surface area contributed by atoms with Crippen LogP contribution in [-0.4, -0.2) is 24.7 Å². The van der Waals surface area contributed by atoms with E-state index in [1.165, 1.54) is 10.9 Å². The van der Waals surface area contributed by atoms with Crippen molar-refractivity contribution in [2.24, 2.45) is 5.92 Å². The third kappa shape index (κ3) is 2.56. The fourth-order valence-corrected chi connectivity index (χ4v) is 3.09. The molecular weight excluding hydrogens is 248 g/mol. The molecule has 1 aromatic heterocycles. The smallest absolute Gasteiger partial charge is 0.0873 e. The minimum atomic E-state index is 0.195. The van der Waals surface area contributed by atoms with Gasteiger partial charge in [-0.2, -0.15) is 0 Å². The van der Waals surface area contributed by atoms with E-state index in [4.69, 9.17) is 4.74 Å². The van der Waals surface area contributed by atoms with Crippen LogP contribution in [-0.2, 0) is 4.74 Å². The van der Waals surface area contributed by atoms with Crippen LogP contribution >= 0.6 is 0 Å². The number of pyridine rings is 1. The largest absolute Gasteiger partial charge is 0.373 e.